The van der Waals surface area contributed by atoms with Crippen molar-refractivity contribution in [2.75, 3.05) is 46.1 Å². The number of guanidine groups is 1. The molecule has 1 rings (SSSR count). The molecular weight excluding hydrogens is 321 g/mol. The molecule has 2 N–H and O–H groups in total. The predicted molar refractivity (Wildman–Crippen MR) is 101 cm³/mol. The summed E-state index contributed by atoms with van der Waals surface area (Å²) in [6, 6.07) is 6.57. The first-order valence-electron chi connectivity index (χ1n) is 9.18. The predicted octanol–water partition coefficient (Wildman–Crippen LogP) is 2.76. The Labute approximate surface area is 151 Å². The van der Waals surface area contributed by atoms with Crippen molar-refractivity contribution < 1.29 is 13.9 Å². The molecular formula is C19H32FN3O2. The van der Waals surface area contributed by atoms with Gasteiger partial charge >= 0.3 is 0 Å². The highest BCUT2D eigenvalue weighted by Crippen LogP contribution is 2.02. The number of ether oxygens (including phenoxy) is 2. The number of aliphatic imine (C=N–C) groups is 1. The molecule has 0 radical (unpaired) electrons. The number of unbranched alkanes of at least 4 members (excludes halogenated alkanes) is 1. The summed E-state index contributed by atoms with van der Waals surface area (Å²) < 4.78 is 23.8. The molecule has 0 aromatic heterocycles. The van der Waals surface area contributed by atoms with E-state index in [1.807, 2.05) is 6.92 Å². The lowest BCUT2D eigenvalue weighted by Crippen LogP contribution is -2.38. The van der Waals surface area contributed by atoms with Crippen LogP contribution in [0.4, 0.5) is 4.39 Å². The van der Waals surface area contributed by atoms with Gasteiger partial charge in [0.15, 0.2) is 5.96 Å². The Balaban J connectivity index is 2.14. The first-order valence-corrected chi connectivity index (χ1v) is 9.18. The molecule has 0 spiro atoms. The molecule has 0 unspecified atom stereocenters. The minimum Gasteiger partial charge on any atom is -0.379 e. The van der Waals surface area contributed by atoms with Gasteiger partial charge < -0.3 is 20.1 Å². The van der Waals surface area contributed by atoms with Crippen LogP contribution in [0.15, 0.2) is 29.3 Å². The fourth-order valence-electron chi connectivity index (χ4n) is 2.11. The van der Waals surface area contributed by atoms with E-state index in [4.69, 9.17) is 9.47 Å². The van der Waals surface area contributed by atoms with Crippen LogP contribution in [0.2, 0.25) is 0 Å². The SMILES string of the molecule is CCCCOCCOCCN=C(NCC)NCCc1ccc(F)cc1. The number of benzene rings is 1. The Morgan fingerprint density at radius 1 is 1.00 bits per heavy atom. The molecule has 0 heterocycles. The fraction of sp³-hybridized carbons (Fsp3) is 0.632. The molecule has 5 nitrogen and oxygen atoms in total. The smallest absolute Gasteiger partial charge is 0.191 e. The van der Waals surface area contributed by atoms with Gasteiger partial charge in [0, 0.05) is 19.7 Å². The van der Waals surface area contributed by atoms with Crippen molar-refractivity contribution in [3.63, 3.8) is 0 Å². The van der Waals surface area contributed by atoms with Crippen molar-refractivity contribution in [3.8, 4) is 0 Å². The number of hydrogen-bond acceptors (Lipinski definition) is 3. The zero-order valence-corrected chi connectivity index (χ0v) is 15.5. The van der Waals surface area contributed by atoms with Crippen molar-refractivity contribution in [1.29, 1.82) is 0 Å². The quantitative estimate of drug-likeness (QED) is 0.325. The summed E-state index contributed by atoms with van der Waals surface area (Å²) in [4.78, 5) is 4.47. The van der Waals surface area contributed by atoms with Gasteiger partial charge in [-0.05, 0) is 37.5 Å². The van der Waals surface area contributed by atoms with Crippen LogP contribution in [0.25, 0.3) is 0 Å². The molecule has 0 atom stereocenters. The van der Waals surface area contributed by atoms with Crippen LogP contribution >= 0.6 is 0 Å². The maximum absolute atomic E-state index is 12.9. The third kappa shape index (κ3) is 11.5. The molecule has 0 bridgehead atoms. The van der Waals surface area contributed by atoms with Gasteiger partial charge in [-0.25, -0.2) is 4.39 Å². The molecule has 0 aliphatic rings. The van der Waals surface area contributed by atoms with Crippen LogP contribution in [-0.2, 0) is 15.9 Å². The van der Waals surface area contributed by atoms with E-state index in [-0.39, 0.29) is 5.82 Å². The van der Waals surface area contributed by atoms with Crippen LogP contribution in [0, 0.1) is 5.82 Å². The van der Waals surface area contributed by atoms with E-state index in [0.717, 1.165) is 50.5 Å². The molecule has 6 heteroatoms. The van der Waals surface area contributed by atoms with Crippen molar-refractivity contribution in [1.82, 2.24) is 10.6 Å². The Kier molecular flexibility index (Phi) is 12.5. The second kappa shape index (κ2) is 14.7. The van der Waals surface area contributed by atoms with Gasteiger partial charge in [-0.2, -0.15) is 0 Å². The molecule has 25 heavy (non-hydrogen) atoms. The summed E-state index contributed by atoms with van der Waals surface area (Å²) in [5.41, 5.74) is 1.09. The molecule has 0 aliphatic carbocycles. The zero-order chi connectivity index (χ0) is 18.2. The maximum Gasteiger partial charge on any atom is 0.191 e. The van der Waals surface area contributed by atoms with E-state index in [2.05, 4.69) is 22.5 Å². The molecule has 0 saturated heterocycles. The maximum atomic E-state index is 12.9. The van der Waals surface area contributed by atoms with Crippen LogP contribution in [0.3, 0.4) is 0 Å². The third-order valence-electron chi connectivity index (χ3n) is 3.48. The summed E-state index contributed by atoms with van der Waals surface area (Å²) >= 11 is 0. The number of halogens is 1. The monoisotopic (exact) mass is 353 g/mol. The molecule has 1 aromatic rings. The van der Waals surface area contributed by atoms with E-state index in [1.54, 1.807) is 12.1 Å². The fourth-order valence-corrected chi connectivity index (χ4v) is 2.11. The summed E-state index contributed by atoms with van der Waals surface area (Å²) in [6.07, 6.45) is 3.06. The van der Waals surface area contributed by atoms with E-state index in [9.17, 15) is 4.39 Å². The largest absolute Gasteiger partial charge is 0.379 e. The standard InChI is InChI=1S/C19H32FN3O2/c1-3-5-13-24-15-16-25-14-12-23-19(21-4-2)22-11-10-17-6-8-18(20)9-7-17/h6-9H,3-5,10-16H2,1-2H3,(H2,21,22,23). The molecule has 1 aromatic carbocycles. The molecule has 0 aliphatic heterocycles. The van der Waals surface area contributed by atoms with Crippen LogP contribution in [0.1, 0.15) is 32.3 Å². The average molecular weight is 353 g/mol. The van der Waals surface area contributed by atoms with E-state index in [0.29, 0.717) is 26.4 Å². The van der Waals surface area contributed by atoms with Crippen molar-refractivity contribution in [2.24, 2.45) is 4.99 Å². The lowest BCUT2D eigenvalue weighted by atomic mass is 10.1. The third-order valence-corrected chi connectivity index (χ3v) is 3.48. The Morgan fingerprint density at radius 3 is 2.40 bits per heavy atom. The van der Waals surface area contributed by atoms with Crippen LogP contribution < -0.4 is 10.6 Å². The van der Waals surface area contributed by atoms with E-state index >= 15 is 0 Å². The first kappa shape index (κ1) is 21.4. The lowest BCUT2D eigenvalue weighted by molar-refractivity contribution is 0.0497. The average Bonchev–Trinajstić information content (AvgIpc) is 2.62. The topological polar surface area (TPSA) is 54.9 Å². The molecule has 142 valence electrons. The van der Waals surface area contributed by atoms with Crippen molar-refractivity contribution >= 4 is 5.96 Å². The lowest BCUT2D eigenvalue weighted by Gasteiger charge is -2.11. The van der Waals surface area contributed by atoms with Gasteiger partial charge in [0.05, 0.1) is 26.4 Å². The Morgan fingerprint density at radius 2 is 1.72 bits per heavy atom. The number of rotatable bonds is 13. The second-order valence-electron chi connectivity index (χ2n) is 5.64. The number of nitrogens with zero attached hydrogens (tertiary/aromatic N) is 1. The number of hydrogen-bond donors (Lipinski definition) is 2. The molecule has 0 fully saturated rings. The highest BCUT2D eigenvalue weighted by Gasteiger charge is 1.98. The van der Waals surface area contributed by atoms with Gasteiger partial charge in [0.25, 0.3) is 0 Å². The summed E-state index contributed by atoms with van der Waals surface area (Å²) in [7, 11) is 0. The highest BCUT2D eigenvalue weighted by molar-refractivity contribution is 5.79. The minimum absolute atomic E-state index is 0.206. The highest BCUT2D eigenvalue weighted by atomic mass is 19.1. The van der Waals surface area contributed by atoms with Gasteiger partial charge in [-0.3, -0.25) is 4.99 Å². The Hall–Kier alpha value is -1.66. The van der Waals surface area contributed by atoms with Gasteiger partial charge in [0.1, 0.15) is 5.82 Å². The minimum atomic E-state index is -0.206. The summed E-state index contributed by atoms with van der Waals surface area (Å²) in [6.45, 7) is 8.94. The summed E-state index contributed by atoms with van der Waals surface area (Å²) in [5.74, 6) is 0.565. The molecule has 0 saturated carbocycles. The first-order chi connectivity index (χ1) is 12.3. The van der Waals surface area contributed by atoms with Crippen molar-refractivity contribution in [2.45, 2.75) is 33.1 Å². The van der Waals surface area contributed by atoms with Gasteiger partial charge in [0.2, 0.25) is 0 Å². The van der Waals surface area contributed by atoms with Crippen LogP contribution in [-0.4, -0.2) is 52.0 Å². The Bertz CT molecular complexity index is 466. The van der Waals surface area contributed by atoms with E-state index < -0.39 is 0 Å². The van der Waals surface area contributed by atoms with Gasteiger partial charge in [-0.15, -0.1) is 0 Å². The van der Waals surface area contributed by atoms with E-state index in [1.165, 1.54) is 12.1 Å². The summed E-state index contributed by atoms with van der Waals surface area (Å²) in [5, 5.41) is 6.48. The molecule has 0 amide bonds. The normalized spacial score (nSPS) is 11.6. The van der Waals surface area contributed by atoms with Crippen molar-refractivity contribution in [3.05, 3.63) is 35.6 Å². The second-order valence-corrected chi connectivity index (χ2v) is 5.64. The van der Waals surface area contributed by atoms with Gasteiger partial charge in [-0.1, -0.05) is 25.5 Å². The number of nitrogens with one attached hydrogen (secondary N) is 2. The zero-order valence-electron chi connectivity index (χ0n) is 15.5. The van der Waals surface area contributed by atoms with Crippen LogP contribution in [0.5, 0.6) is 0 Å².